The lowest BCUT2D eigenvalue weighted by atomic mass is 10.1. The third-order valence-corrected chi connectivity index (χ3v) is 3.49. The van der Waals surface area contributed by atoms with Crippen LogP contribution in [0.2, 0.25) is 0 Å². The van der Waals surface area contributed by atoms with Crippen molar-refractivity contribution in [1.82, 2.24) is 10.6 Å². The maximum atomic E-state index is 11.4. The quantitative estimate of drug-likeness (QED) is 0.543. The molecular weight excluding hydrogens is 304 g/mol. The van der Waals surface area contributed by atoms with E-state index in [0.717, 1.165) is 16.9 Å². The van der Waals surface area contributed by atoms with Crippen molar-refractivity contribution >= 4 is 5.91 Å². The molecule has 1 aromatic carbocycles. The van der Waals surface area contributed by atoms with E-state index in [1.165, 1.54) is 0 Å². The lowest BCUT2D eigenvalue weighted by molar-refractivity contribution is -0.120. The van der Waals surface area contributed by atoms with Crippen LogP contribution in [0.4, 0.5) is 0 Å². The van der Waals surface area contributed by atoms with E-state index in [1.54, 1.807) is 0 Å². The Hall–Kier alpha value is -1.85. The number of hydrogen-bond acceptors (Lipinski definition) is 4. The van der Waals surface area contributed by atoms with E-state index in [4.69, 9.17) is 4.74 Å². The van der Waals surface area contributed by atoms with E-state index >= 15 is 0 Å². The number of aliphatic hydroxyl groups excluding tert-OH is 1. The molecule has 0 aliphatic heterocycles. The van der Waals surface area contributed by atoms with Gasteiger partial charge in [-0.05, 0) is 23.6 Å². The van der Waals surface area contributed by atoms with E-state index in [2.05, 4.69) is 17.2 Å². The van der Waals surface area contributed by atoms with E-state index in [1.807, 2.05) is 45.0 Å². The number of hydrogen-bond donors (Lipinski definition) is 3. The van der Waals surface area contributed by atoms with Gasteiger partial charge in [0.25, 0.3) is 0 Å². The van der Waals surface area contributed by atoms with Crippen molar-refractivity contribution in [2.75, 3.05) is 13.2 Å². The van der Waals surface area contributed by atoms with Gasteiger partial charge in [-0.2, -0.15) is 0 Å². The van der Waals surface area contributed by atoms with Crippen LogP contribution in [0.25, 0.3) is 0 Å². The van der Waals surface area contributed by atoms with Crippen molar-refractivity contribution in [1.29, 1.82) is 0 Å². The molecule has 3 N–H and O–H groups in total. The molecule has 0 fully saturated rings. The molecule has 5 nitrogen and oxygen atoms in total. The third kappa shape index (κ3) is 7.62. The fraction of sp³-hybridized carbons (Fsp3) is 0.526. The molecule has 1 rings (SSSR count). The Morgan fingerprint density at radius 3 is 2.79 bits per heavy atom. The number of benzene rings is 1. The second-order valence-electron chi connectivity index (χ2n) is 6.09. The average molecular weight is 334 g/mol. The number of amides is 1. The predicted molar refractivity (Wildman–Crippen MR) is 97.1 cm³/mol. The van der Waals surface area contributed by atoms with Crippen LogP contribution in [0.15, 0.2) is 30.9 Å². The van der Waals surface area contributed by atoms with E-state index in [9.17, 15) is 9.90 Å². The molecule has 0 saturated heterocycles. The van der Waals surface area contributed by atoms with Gasteiger partial charge in [0.15, 0.2) is 0 Å². The number of nitrogens with one attached hydrogen (secondary N) is 2. The molecule has 0 aliphatic rings. The number of aliphatic hydroxyl groups is 1. The molecule has 0 heterocycles. The summed E-state index contributed by atoms with van der Waals surface area (Å²) in [6, 6.07) is 6.14. The second kappa shape index (κ2) is 10.8. The van der Waals surface area contributed by atoms with Crippen LogP contribution < -0.4 is 15.4 Å². The van der Waals surface area contributed by atoms with Crippen LogP contribution >= 0.6 is 0 Å². The van der Waals surface area contributed by atoms with Gasteiger partial charge in [-0.3, -0.25) is 4.79 Å². The number of ether oxygens (including phenoxy) is 1. The molecule has 134 valence electrons. The van der Waals surface area contributed by atoms with Gasteiger partial charge < -0.3 is 20.5 Å². The first-order chi connectivity index (χ1) is 11.5. The van der Waals surface area contributed by atoms with Gasteiger partial charge in [0.1, 0.15) is 18.5 Å². The van der Waals surface area contributed by atoms with Gasteiger partial charge in [-0.25, -0.2) is 0 Å². The van der Waals surface area contributed by atoms with Gasteiger partial charge >= 0.3 is 0 Å². The maximum Gasteiger partial charge on any atom is 0.219 e. The molecule has 0 radical (unpaired) electrons. The zero-order valence-corrected chi connectivity index (χ0v) is 15.0. The van der Waals surface area contributed by atoms with Crippen molar-refractivity contribution < 1.29 is 14.6 Å². The Morgan fingerprint density at radius 2 is 2.17 bits per heavy atom. The van der Waals surface area contributed by atoms with E-state index in [0.29, 0.717) is 32.0 Å². The summed E-state index contributed by atoms with van der Waals surface area (Å²) in [5.41, 5.74) is 2.01. The predicted octanol–water partition coefficient (Wildman–Crippen LogP) is 2.18. The summed E-state index contributed by atoms with van der Waals surface area (Å²) in [7, 11) is 0. The van der Waals surface area contributed by atoms with Crippen molar-refractivity contribution in [2.24, 2.45) is 0 Å². The minimum Gasteiger partial charge on any atom is -0.491 e. The lowest BCUT2D eigenvalue weighted by Gasteiger charge is -2.17. The van der Waals surface area contributed by atoms with Crippen LogP contribution in [0.1, 0.15) is 38.3 Å². The summed E-state index contributed by atoms with van der Waals surface area (Å²) >= 11 is 0. The van der Waals surface area contributed by atoms with Gasteiger partial charge in [0.05, 0.1) is 0 Å². The van der Waals surface area contributed by atoms with Crippen LogP contribution in [0.3, 0.4) is 0 Å². The SMILES string of the molecule is C=CCc1cc(CNC(=O)CC)ccc1OCC(O)CNC(C)C. The number of allylic oxidation sites excluding steroid dienone is 1. The van der Waals surface area contributed by atoms with Gasteiger partial charge in [0.2, 0.25) is 5.91 Å². The van der Waals surface area contributed by atoms with Gasteiger partial charge in [-0.1, -0.05) is 39.0 Å². The summed E-state index contributed by atoms with van der Waals surface area (Å²) in [5, 5.41) is 16.0. The minimum absolute atomic E-state index is 0.0290. The van der Waals surface area contributed by atoms with Crippen molar-refractivity contribution in [3.8, 4) is 5.75 Å². The summed E-state index contributed by atoms with van der Waals surface area (Å²) in [4.78, 5) is 11.4. The molecule has 1 atom stereocenters. The fourth-order valence-corrected chi connectivity index (χ4v) is 2.14. The molecule has 0 saturated carbocycles. The van der Waals surface area contributed by atoms with E-state index in [-0.39, 0.29) is 12.5 Å². The molecule has 0 aromatic heterocycles. The summed E-state index contributed by atoms with van der Waals surface area (Å²) < 4.78 is 5.76. The molecule has 1 amide bonds. The summed E-state index contributed by atoms with van der Waals surface area (Å²) in [6.45, 7) is 10.9. The Labute approximate surface area is 145 Å². The van der Waals surface area contributed by atoms with Gasteiger partial charge in [0, 0.05) is 25.6 Å². The molecular formula is C19H30N2O3. The molecule has 5 heteroatoms. The fourth-order valence-electron chi connectivity index (χ4n) is 2.14. The van der Waals surface area contributed by atoms with Crippen molar-refractivity contribution in [3.63, 3.8) is 0 Å². The zero-order chi connectivity index (χ0) is 17.9. The third-order valence-electron chi connectivity index (χ3n) is 3.49. The largest absolute Gasteiger partial charge is 0.491 e. The normalized spacial score (nSPS) is 12.0. The zero-order valence-electron chi connectivity index (χ0n) is 15.0. The first-order valence-electron chi connectivity index (χ1n) is 8.49. The molecule has 0 aliphatic carbocycles. The molecule has 0 spiro atoms. The standard InChI is InChI=1S/C19H30N2O3/c1-5-7-16-10-15(11-21-19(23)6-2)8-9-18(16)24-13-17(22)12-20-14(3)4/h5,8-10,14,17,20,22H,1,6-7,11-13H2,2-4H3,(H,21,23). The Kier molecular flexibility index (Phi) is 9.12. The summed E-state index contributed by atoms with van der Waals surface area (Å²) in [6.07, 6.45) is 2.40. The molecule has 0 bridgehead atoms. The molecule has 1 aromatic rings. The smallest absolute Gasteiger partial charge is 0.219 e. The van der Waals surface area contributed by atoms with Crippen molar-refractivity contribution in [2.45, 2.75) is 52.3 Å². The van der Waals surface area contributed by atoms with E-state index < -0.39 is 6.10 Å². The maximum absolute atomic E-state index is 11.4. The number of carbonyl (C=O) groups excluding carboxylic acids is 1. The average Bonchev–Trinajstić information content (AvgIpc) is 2.57. The number of carbonyl (C=O) groups is 1. The first kappa shape index (κ1) is 20.2. The van der Waals surface area contributed by atoms with Crippen molar-refractivity contribution in [3.05, 3.63) is 42.0 Å². The minimum atomic E-state index is -0.562. The molecule has 24 heavy (non-hydrogen) atoms. The van der Waals surface area contributed by atoms with Crippen LogP contribution in [-0.4, -0.2) is 36.3 Å². The summed E-state index contributed by atoms with van der Waals surface area (Å²) in [5.74, 6) is 0.769. The Morgan fingerprint density at radius 1 is 1.42 bits per heavy atom. The number of rotatable bonds is 11. The second-order valence-corrected chi connectivity index (χ2v) is 6.09. The lowest BCUT2D eigenvalue weighted by Crippen LogP contribution is -2.35. The monoisotopic (exact) mass is 334 g/mol. The highest BCUT2D eigenvalue weighted by Crippen LogP contribution is 2.21. The first-order valence-corrected chi connectivity index (χ1v) is 8.49. The highest BCUT2D eigenvalue weighted by Gasteiger charge is 2.09. The Balaban J connectivity index is 2.65. The van der Waals surface area contributed by atoms with Crippen LogP contribution in [0, 0.1) is 0 Å². The topological polar surface area (TPSA) is 70.6 Å². The highest BCUT2D eigenvalue weighted by molar-refractivity contribution is 5.75. The Bertz CT molecular complexity index is 529. The highest BCUT2D eigenvalue weighted by atomic mass is 16.5. The molecule has 1 unspecified atom stereocenters. The van der Waals surface area contributed by atoms with Gasteiger partial charge in [-0.15, -0.1) is 6.58 Å². The van der Waals surface area contributed by atoms with Crippen LogP contribution in [0.5, 0.6) is 5.75 Å². The van der Waals surface area contributed by atoms with Crippen LogP contribution in [-0.2, 0) is 17.8 Å².